The van der Waals surface area contributed by atoms with Crippen LogP contribution in [0.15, 0.2) is 23.4 Å². The van der Waals surface area contributed by atoms with Crippen molar-refractivity contribution in [1.29, 1.82) is 0 Å². The maximum atomic E-state index is 8.83. The van der Waals surface area contributed by atoms with Gasteiger partial charge in [-0.05, 0) is 36.6 Å². The first kappa shape index (κ1) is 11.9. The minimum Gasteiger partial charge on any atom is -0.493 e. The average Bonchev–Trinajstić information content (AvgIpc) is 2.77. The van der Waals surface area contributed by atoms with Crippen LogP contribution >= 0.6 is 0 Å². The molecular weight excluding hydrogens is 218 g/mol. The third-order valence-electron chi connectivity index (χ3n) is 2.90. The molecule has 0 radical (unpaired) electrons. The topological polar surface area (TPSA) is 51.0 Å². The molecule has 17 heavy (non-hydrogen) atoms. The van der Waals surface area contributed by atoms with Crippen molar-refractivity contribution in [2.45, 2.75) is 19.3 Å². The second kappa shape index (κ2) is 5.68. The Kier molecular flexibility index (Phi) is 3.98. The Hall–Kier alpha value is -1.55. The number of benzene rings is 1. The van der Waals surface area contributed by atoms with Gasteiger partial charge in [-0.25, -0.2) is 0 Å². The standard InChI is InChI=1S/C13H17NO3/c1-16-7-2-8-17-11-4-5-12-10(9-11)3-6-13(12)14-15/h4-5,9,15H,2-3,6-8H2,1H3/b14-13+. The molecule has 0 heterocycles. The first-order valence-electron chi connectivity index (χ1n) is 5.81. The molecule has 0 saturated heterocycles. The van der Waals surface area contributed by atoms with Crippen molar-refractivity contribution >= 4 is 5.71 Å². The summed E-state index contributed by atoms with van der Waals surface area (Å²) in [6.45, 7) is 1.37. The quantitative estimate of drug-likeness (QED) is 0.483. The lowest BCUT2D eigenvalue weighted by atomic mass is 10.1. The Bertz CT molecular complexity index is 415. The number of rotatable bonds is 5. The minimum absolute atomic E-state index is 0.660. The Balaban J connectivity index is 1.98. The molecule has 0 aromatic heterocycles. The van der Waals surface area contributed by atoms with E-state index in [2.05, 4.69) is 5.16 Å². The van der Waals surface area contributed by atoms with Crippen LogP contribution in [0, 0.1) is 0 Å². The zero-order valence-electron chi connectivity index (χ0n) is 9.98. The van der Waals surface area contributed by atoms with Crippen molar-refractivity contribution in [3.63, 3.8) is 0 Å². The van der Waals surface area contributed by atoms with Crippen LogP contribution in [-0.4, -0.2) is 31.2 Å². The highest BCUT2D eigenvalue weighted by Crippen LogP contribution is 2.26. The zero-order valence-corrected chi connectivity index (χ0v) is 9.98. The summed E-state index contributed by atoms with van der Waals surface area (Å²) in [4.78, 5) is 0. The van der Waals surface area contributed by atoms with Gasteiger partial charge in [0.05, 0.1) is 12.3 Å². The van der Waals surface area contributed by atoms with Gasteiger partial charge in [0.25, 0.3) is 0 Å². The largest absolute Gasteiger partial charge is 0.493 e. The first-order valence-corrected chi connectivity index (χ1v) is 5.81. The monoisotopic (exact) mass is 235 g/mol. The van der Waals surface area contributed by atoms with E-state index in [9.17, 15) is 0 Å². The molecule has 0 bridgehead atoms. The molecule has 2 rings (SSSR count). The van der Waals surface area contributed by atoms with Crippen molar-refractivity contribution in [2.75, 3.05) is 20.3 Å². The highest BCUT2D eigenvalue weighted by molar-refractivity contribution is 6.04. The second-order valence-electron chi connectivity index (χ2n) is 4.06. The molecule has 1 N–H and O–H groups in total. The predicted molar refractivity (Wildman–Crippen MR) is 65.1 cm³/mol. The summed E-state index contributed by atoms with van der Waals surface area (Å²) in [6.07, 6.45) is 2.61. The Morgan fingerprint density at radius 3 is 2.94 bits per heavy atom. The van der Waals surface area contributed by atoms with Gasteiger partial charge < -0.3 is 14.7 Å². The lowest BCUT2D eigenvalue weighted by Gasteiger charge is -2.07. The summed E-state index contributed by atoms with van der Waals surface area (Å²) in [5.41, 5.74) is 3.00. The van der Waals surface area contributed by atoms with Crippen LogP contribution in [0.2, 0.25) is 0 Å². The molecule has 0 amide bonds. The number of nitrogens with zero attached hydrogens (tertiary/aromatic N) is 1. The summed E-state index contributed by atoms with van der Waals surface area (Å²) < 4.78 is 10.6. The fourth-order valence-corrected chi connectivity index (χ4v) is 2.03. The van der Waals surface area contributed by atoms with Gasteiger partial charge in [0.1, 0.15) is 5.75 Å². The number of methoxy groups -OCH3 is 1. The smallest absolute Gasteiger partial charge is 0.119 e. The van der Waals surface area contributed by atoms with E-state index < -0.39 is 0 Å². The molecule has 1 aromatic carbocycles. The van der Waals surface area contributed by atoms with E-state index >= 15 is 0 Å². The molecule has 4 heteroatoms. The lowest BCUT2D eigenvalue weighted by Crippen LogP contribution is -2.02. The fourth-order valence-electron chi connectivity index (χ4n) is 2.03. The molecule has 1 aliphatic rings. The number of fused-ring (bicyclic) bond motifs is 1. The van der Waals surface area contributed by atoms with Gasteiger partial charge in [0.15, 0.2) is 0 Å². The van der Waals surface area contributed by atoms with E-state index in [0.29, 0.717) is 13.2 Å². The first-order chi connectivity index (χ1) is 8.35. The van der Waals surface area contributed by atoms with Gasteiger partial charge in [-0.15, -0.1) is 0 Å². The summed E-state index contributed by atoms with van der Waals surface area (Å²) in [5.74, 6) is 0.874. The van der Waals surface area contributed by atoms with E-state index in [1.54, 1.807) is 7.11 Å². The molecule has 1 aromatic rings. The summed E-state index contributed by atoms with van der Waals surface area (Å²) in [6, 6.07) is 5.91. The van der Waals surface area contributed by atoms with Crippen LogP contribution in [0.25, 0.3) is 0 Å². The van der Waals surface area contributed by atoms with Gasteiger partial charge in [-0.1, -0.05) is 5.16 Å². The zero-order chi connectivity index (χ0) is 12.1. The minimum atomic E-state index is 0.660. The van der Waals surface area contributed by atoms with Gasteiger partial charge >= 0.3 is 0 Å². The number of hydrogen-bond donors (Lipinski definition) is 1. The van der Waals surface area contributed by atoms with Gasteiger partial charge in [0.2, 0.25) is 0 Å². The van der Waals surface area contributed by atoms with Crippen LogP contribution in [0.3, 0.4) is 0 Å². The molecule has 0 spiro atoms. The third-order valence-corrected chi connectivity index (χ3v) is 2.90. The molecule has 1 aliphatic carbocycles. The maximum Gasteiger partial charge on any atom is 0.119 e. The Morgan fingerprint density at radius 1 is 1.29 bits per heavy atom. The van der Waals surface area contributed by atoms with Crippen LogP contribution < -0.4 is 4.74 Å². The summed E-state index contributed by atoms with van der Waals surface area (Å²) in [5, 5.41) is 12.1. The van der Waals surface area contributed by atoms with Gasteiger partial charge in [-0.2, -0.15) is 0 Å². The molecular formula is C13H17NO3. The van der Waals surface area contributed by atoms with Gasteiger partial charge in [0, 0.05) is 25.7 Å². The van der Waals surface area contributed by atoms with E-state index in [0.717, 1.165) is 36.3 Å². The van der Waals surface area contributed by atoms with E-state index in [1.807, 2.05) is 18.2 Å². The fraction of sp³-hybridized carbons (Fsp3) is 0.462. The van der Waals surface area contributed by atoms with Crippen LogP contribution in [-0.2, 0) is 11.2 Å². The van der Waals surface area contributed by atoms with E-state index in [1.165, 1.54) is 5.56 Å². The molecule has 0 unspecified atom stereocenters. The number of hydrogen-bond acceptors (Lipinski definition) is 4. The van der Waals surface area contributed by atoms with E-state index in [-0.39, 0.29) is 0 Å². The number of aryl methyl sites for hydroxylation is 1. The molecule has 4 nitrogen and oxygen atoms in total. The lowest BCUT2D eigenvalue weighted by molar-refractivity contribution is 0.172. The molecule has 92 valence electrons. The van der Waals surface area contributed by atoms with Crippen molar-refractivity contribution in [1.82, 2.24) is 0 Å². The summed E-state index contributed by atoms with van der Waals surface area (Å²) >= 11 is 0. The predicted octanol–water partition coefficient (Wildman–Crippen LogP) is 2.23. The number of ether oxygens (including phenoxy) is 2. The Morgan fingerprint density at radius 2 is 2.18 bits per heavy atom. The van der Waals surface area contributed by atoms with Gasteiger partial charge in [-0.3, -0.25) is 0 Å². The maximum absolute atomic E-state index is 8.83. The van der Waals surface area contributed by atoms with Crippen molar-refractivity contribution < 1.29 is 14.7 Å². The summed E-state index contributed by atoms with van der Waals surface area (Å²) in [7, 11) is 1.69. The van der Waals surface area contributed by atoms with Crippen molar-refractivity contribution in [3.05, 3.63) is 29.3 Å². The highest BCUT2D eigenvalue weighted by atomic mass is 16.5. The Labute approximate surface area is 101 Å². The van der Waals surface area contributed by atoms with Crippen molar-refractivity contribution in [2.24, 2.45) is 5.16 Å². The average molecular weight is 235 g/mol. The van der Waals surface area contributed by atoms with Crippen LogP contribution in [0.5, 0.6) is 5.75 Å². The normalized spacial score (nSPS) is 16.2. The number of oxime groups is 1. The highest BCUT2D eigenvalue weighted by Gasteiger charge is 2.18. The van der Waals surface area contributed by atoms with E-state index in [4.69, 9.17) is 14.7 Å². The van der Waals surface area contributed by atoms with Crippen molar-refractivity contribution in [3.8, 4) is 5.75 Å². The second-order valence-corrected chi connectivity index (χ2v) is 4.06. The molecule has 0 aliphatic heterocycles. The molecule has 0 atom stereocenters. The molecule has 0 saturated carbocycles. The SMILES string of the molecule is COCCCOc1ccc2c(c1)CC/C2=N\O. The molecule has 0 fully saturated rings. The third kappa shape index (κ3) is 2.77. The van der Waals surface area contributed by atoms with Crippen LogP contribution in [0.1, 0.15) is 24.0 Å². The van der Waals surface area contributed by atoms with Crippen LogP contribution in [0.4, 0.5) is 0 Å².